The Morgan fingerprint density at radius 2 is 2.03 bits per heavy atom. The summed E-state index contributed by atoms with van der Waals surface area (Å²) in [6, 6.07) is 12.6. The molecule has 0 spiro atoms. The maximum atomic E-state index is 13.0. The second kappa shape index (κ2) is 10.2. The van der Waals surface area contributed by atoms with Crippen LogP contribution in [0.3, 0.4) is 0 Å². The van der Waals surface area contributed by atoms with Gasteiger partial charge in [-0.2, -0.15) is 0 Å². The first-order valence-corrected chi connectivity index (χ1v) is 11.0. The van der Waals surface area contributed by atoms with Crippen molar-refractivity contribution in [2.24, 2.45) is 0 Å². The Morgan fingerprint density at radius 3 is 2.79 bits per heavy atom. The largest absolute Gasteiger partial charge is 0.497 e. The Morgan fingerprint density at radius 1 is 1.15 bits per heavy atom. The highest BCUT2D eigenvalue weighted by atomic mass is 16.5. The standard InChI is InChI=1S/C25H27N5O3/c1-17-20(24(31)28-15-18-8-7-9-19(14-18)33-2)16-27-23(29-17)22-11-4-6-13-30(22)25(32)21-10-3-5-12-26-21/h3,5,7-10,12,14,16,22H,4,6,11,13,15H2,1-2H3,(H,28,31)/t22-/m0/s1. The van der Waals surface area contributed by atoms with E-state index in [1.54, 1.807) is 49.5 Å². The van der Waals surface area contributed by atoms with Gasteiger partial charge in [0.2, 0.25) is 0 Å². The van der Waals surface area contributed by atoms with Crippen LogP contribution in [0, 0.1) is 6.92 Å². The minimum atomic E-state index is -0.244. The summed E-state index contributed by atoms with van der Waals surface area (Å²) in [5.74, 6) is 0.928. The van der Waals surface area contributed by atoms with Crippen molar-refractivity contribution in [1.29, 1.82) is 0 Å². The third-order valence-corrected chi connectivity index (χ3v) is 5.78. The Bertz CT molecular complexity index is 1140. The number of rotatable bonds is 6. The van der Waals surface area contributed by atoms with Crippen molar-refractivity contribution >= 4 is 11.8 Å². The van der Waals surface area contributed by atoms with Crippen molar-refractivity contribution in [2.75, 3.05) is 13.7 Å². The molecule has 8 nitrogen and oxygen atoms in total. The highest BCUT2D eigenvalue weighted by molar-refractivity contribution is 5.95. The van der Waals surface area contributed by atoms with Gasteiger partial charge in [0.1, 0.15) is 11.4 Å². The maximum Gasteiger partial charge on any atom is 0.273 e. The van der Waals surface area contributed by atoms with E-state index < -0.39 is 0 Å². The van der Waals surface area contributed by atoms with Gasteiger partial charge in [-0.15, -0.1) is 0 Å². The predicted molar refractivity (Wildman–Crippen MR) is 123 cm³/mol. The summed E-state index contributed by atoms with van der Waals surface area (Å²) < 4.78 is 5.23. The molecule has 1 aromatic carbocycles. The number of likely N-dealkylation sites (tertiary alicyclic amines) is 1. The van der Waals surface area contributed by atoms with E-state index in [1.165, 1.54) is 0 Å². The van der Waals surface area contributed by atoms with Crippen molar-refractivity contribution < 1.29 is 14.3 Å². The van der Waals surface area contributed by atoms with Crippen LogP contribution < -0.4 is 10.1 Å². The molecule has 0 radical (unpaired) electrons. The summed E-state index contributed by atoms with van der Waals surface area (Å²) >= 11 is 0. The topological polar surface area (TPSA) is 97.3 Å². The van der Waals surface area contributed by atoms with Crippen LogP contribution in [0.2, 0.25) is 0 Å². The first-order valence-electron chi connectivity index (χ1n) is 11.0. The lowest BCUT2D eigenvalue weighted by Gasteiger charge is -2.34. The average molecular weight is 446 g/mol. The van der Waals surface area contributed by atoms with Gasteiger partial charge in [-0.1, -0.05) is 18.2 Å². The molecule has 0 saturated carbocycles. The molecular formula is C25H27N5O3. The molecule has 3 heterocycles. The van der Waals surface area contributed by atoms with Gasteiger partial charge in [0.25, 0.3) is 11.8 Å². The van der Waals surface area contributed by atoms with E-state index >= 15 is 0 Å². The normalized spacial score (nSPS) is 15.7. The van der Waals surface area contributed by atoms with Gasteiger partial charge >= 0.3 is 0 Å². The fourth-order valence-corrected chi connectivity index (χ4v) is 4.01. The van der Waals surface area contributed by atoms with Crippen LogP contribution in [0.15, 0.2) is 54.9 Å². The minimum Gasteiger partial charge on any atom is -0.497 e. The first-order chi connectivity index (χ1) is 16.1. The number of aromatic nitrogens is 3. The average Bonchev–Trinajstić information content (AvgIpc) is 2.87. The Hall–Kier alpha value is -3.81. The van der Waals surface area contributed by atoms with Gasteiger partial charge in [0.15, 0.2) is 5.82 Å². The van der Waals surface area contributed by atoms with E-state index in [0.717, 1.165) is 30.6 Å². The molecule has 4 rings (SSSR count). The number of benzene rings is 1. The molecule has 3 aromatic rings. The van der Waals surface area contributed by atoms with E-state index in [2.05, 4.69) is 20.3 Å². The lowest BCUT2D eigenvalue weighted by atomic mass is 10.0. The zero-order valence-electron chi connectivity index (χ0n) is 18.8. The summed E-state index contributed by atoms with van der Waals surface area (Å²) in [5.41, 5.74) is 2.34. The summed E-state index contributed by atoms with van der Waals surface area (Å²) in [5, 5.41) is 2.91. The van der Waals surface area contributed by atoms with Gasteiger partial charge in [-0.25, -0.2) is 9.97 Å². The Balaban J connectivity index is 1.48. The highest BCUT2D eigenvalue weighted by Gasteiger charge is 2.31. The van der Waals surface area contributed by atoms with Crippen molar-refractivity contribution in [2.45, 2.75) is 38.8 Å². The minimum absolute atomic E-state index is 0.123. The number of methoxy groups -OCH3 is 1. The summed E-state index contributed by atoms with van der Waals surface area (Å²) in [6.45, 7) is 2.79. The molecule has 1 atom stereocenters. The van der Waals surface area contributed by atoms with Gasteiger partial charge in [-0.05, 0) is 56.0 Å². The van der Waals surface area contributed by atoms with E-state index in [1.807, 2.05) is 24.3 Å². The summed E-state index contributed by atoms with van der Waals surface area (Å²) in [7, 11) is 1.61. The Kier molecular flexibility index (Phi) is 6.92. The number of hydrogen-bond donors (Lipinski definition) is 1. The molecule has 33 heavy (non-hydrogen) atoms. The lowest BCUT2D eigenvalue weighted by Crippen LogP contribution is -2.39. The number of aryl methyl sites for hydroxylation is 1. The first kappa shape index (κ1) is 22.4. The molecule has 2 aromatic heterocycles. The zero-order chi connectivity index (χ0) is 23.2. The fourth-order valence-electron chi connectivity index (χ4n) is 4.01. The van der Waals surface area contributed by atoms with E-state index in [9.17, 15) is 9.59 Å². The molecule has 2 amide bonds. The number of hydrogen-bond acceptors (Lipinski definition) is 6. The number of nitrogens with one attached hydrogen (secondary N) is 1. The maximum absolute atomic E-state index is 13.0. The number of piperidine rings is 1. The monoisotopic (exact) mass is 445 g/mol. The van der Waals surface area contributed by atoms with Crippen LogP contribution in [0.5, 0.6) is 5.75 Å². The van der Waals surface area contributed by atoms with Gasteiger partial charge in [-0.3, -0.25) is 14.6 Å². The molecule has 1 N–H and O–H groups in total. The third kappa shape index (κ3) is 5.16. The second-order valence-electron chi connectivity index (χ2n) is 7.99. The molecular weight excluding hydrogens is 418 g/mol. The number of nitrogens with zero attached hydrogens (tertiary/aromatic N) is 4. The molecule has 1 aliphatic rings. The number of ether oxygens (including phenoxy) is 1. The molecule has 170 valence electrons. The Labute approximate surface area is 193 Å². The number of carbonyl (C=O) groups is 2. The summed E-state index contributed by atoms with van der Waals surface area (Å²) in [4.78, 5) is 40.9. The molecule has 1 aliphatic heterocycles. The van der Waals surface area contributed by atoms with Gasteiger partial charge < -0.3 is 15.0 Å². The van der Waals surface area contributed by atoms with Crippen LogP contribution in [0.1, 0.15) is 63.2 Å². The molecule has 0 bridgehead atoms. The van der Waals surface area contributed by atoms with Crippen LogP contribution >= 0.6 is 0 Å². The van der Waals surface area contributed by atoms with E-state index in [-0.39, 0.29) is 17.9 Å². The van der Waals surface area contributed by atoms with Crippen LogP contribution in [-0.2, 0) is 6.54 Å². The fraction of sp³-hybridized carbons (Fsp3) is 0.320. The zero-order valence-corrected chi connectivity index (χ0v) is 18.8. The summed E-state index contributed by atoms with van der Waals surface area (Å²) in [6.07, 6.45) is 5.86. The van der Waals surface area contributed by atoms with Crippen molar-refractivity contribution in [1.82, 2.24) is 25.2 Å². The van der Waals surface area contributed by atoms with Crippen LogP contribution in [0.25, 0.3) is 0 Å². The lowest BCUT2D eigenvalue weighted by molar-refractivity contribution is 0.0593. The SMILES string of the molecule is COc1cccc(CNC(=O)c2cnc([C@@H]3CCCCN3C(=O)c3ccccn3)nc2C)c1. The predicted octanol–water partition coefficient (Wildman–Crippen LogP) is 3.49. The molecule has 1 saturated heterocycles. The third-order valence-electron chi connectivity index (χ3n) is 5.78. The second-order valence-corrected chi connectivity index (χ2v) is 7.99. The van der Waals surface area contributed by atoms with E-state index in [4.69, 9.17) is 4.74 Å². The highest BCUT2D eigenvalue weighted by Crippen LogP contribution is 2.30. The quantitative estimate of drug-likeness (QED) is 0.624. The molecule has 8 heteroatoms. The molecule has 0 unspecified atom stereocenters. The number of pyridine rings is 1. The van der Waals surface area contributed by atoms with Gasteiger partial charge in [0.05, 0.1) is 24.4 Å². The molecule has 1 fully saturated rings. The van der Waals surface area contributed by atoms with Crippen LogP contribution in [-0.4, -0.2) is 45.3 Å². The number of carbonyl (C=O) groups excluding carboxylic acids is 2. The van der Waals surface area contributed by atoms with Crippen LogP contribution in [0.4, 0.5) is 0 Å². The number of amides is 2. The van der Waals surface area contributed by atoms with Crippen molar-refractivity contribution in [3.63, 3.8) is 0 Å². The van der Waals surface area contributed by atoms with Crippen molar-refractivity contribution in [3.05, 3.63) is 83.2 Å². The smallest absolute Gasteiger partial charge is 0.273 e. The van der Waals surface area contributed by atoms with E-state index in [0.29, 0.717) is 35.9 Å². The van der Waals surface area contributed by atoms with Gasteiger partial charge in [0, 0.05) is 25.5 Å². The van der Waals surface area contributed by atoms with Crippen molar-refractivity contribution in [3.8, 4) is 5.75 Å². The molecule has 0 aliphatic carbocycles.